The van der Waals surface area contributed by atoms with Gasteiger partial charge in [0.1, 0.15) is 6.61 Å². The van der Waals surface area contributed by atoms with Crippen LogP contribution in [0.3, 0.4) is 0 Å². The molecule has 0 aromatic heterocycles. The first-order chi connectivity index (χ1) is 6.49. The molecule has 1 rings (SSSR count). The van der Waals surface area contributed by atoms with Crippen LogP contribution in [-0.2, 0) is 4.79 Å². The van der Waals surface area contributed by atoms with Gasteiger partial charge in [0, 0.05) is 0 Å². The van der Waals surface area contributed by atoms with Crippen molar-refractivity contribution < 1.29 is 9.90 Å². The van der Waals surface area contributed by atoms with Crippen LogP contribution in [0.5, 0.6) is 0 Å². The summed E-state index contributed by atoms with van der Waals surface area (Å²) in [7, 11) is 0. The molecule has 1 N–H and O–H groups in total. The summed E-state index contributed by atoms with van der Waals surface area (Å²) in [6.07, 6.45) is 4.37. The van der Waals surface area contributed by atoms with Crippen molar-refractivity contribution in [1.29, 1.82) is 0 Å². The SMILES string of the molecule is C=C(C(=O)CO)C1(C)CCC(C)CC1. The van der Waals surface area contributed by atoms with Crippen LogP contribution in [0.4, 0.5) is 0 Å². The summed E-state index contributed by atoms with van der Waals surface area (Å²) in [5.74, 6) is 0.571. The molecule has 0 saturated heterocycles. The van der Waals surface area contributed by atoms with Gasteiger partial charge in [0.2, 0.25) is 0 Å². The van der Waals surface area contributed by atoms with Crippen molar-refractivity contribution >= 4 is 5.78 Å². The summed E-state index contributed by atoms with van der Waals surface area (Å²) in [6, 6.07) is 0. The summed E-state index contributed by atoms with van der Waals surface area (Å²) < 4.78 is 0. The Morgan fingerprint density at radius 2 is 2.00 bits per heavy atom. The molecule has 0 amide bonds. The van der Waals surface area contributed by atoms with E-state index in [1.807, 2.05) is 0 Å². The molecule has 2 heteroatoms. The van der Waals surface area contributed by atoms with Gasteiger partial charge in [0.25, 0.3) is 0 Å². The van der Waals surface area contributed by atoms with Gasteiger partial charge in [-0.25, -0.2) is 0 Å². The maximum absolute atomic E-state index is 11.3. The molecule has 80 valence electrons. The lowest BCUT2D eigenvalue weighted by Crippen LogP contribution is -2.30. The van der Waals surface area contributed by atoms with E-state index in [1.54, 1.807) is 0 Å². The molecule has 0 atom stereocenters. The number of aliphatic hydroxyl groups is 1. The number of carbonyl (C=O) groups is 1. The van der Waals surface area contributed by atoms with E-state index in [0.717, 1.165) is 31.6 Å². The van der Waals surface area contributed by atoms with Crippen molar-refractivity contribution in [2.75, 3.05) is 6.61 Å². The number of carbonyl (C=O) groups excluding carboxylic acids is 1. The Morgan fingerprint density at radius 1 is 1.50 bits per heavy atom. The zero-order valence-corrected chi connectivity index (χ0v) is 9.18. The second-order valence-corrected chi connectivity index (χ2v) is 4.80. The first-order valence-electron chi connectivity index (χ1n) is 5.33. The summed E-state index contributed by atoms with van der Waals surface area (Å²) in [5.41, 5.74) is 0.554. The lowest BCUT2D eigenvalue weighted by molar-refractivity contribution is -0.119. The molecular weight excluding hydrogens is 176 g/mol. The monoisotopic (exact) mass is 196 g/mol. The van der Waals surface area contributed by atoms with Crippen LogP contribution in [0.1, 0.15) is 39.5 Å². The van der Waals surface area contributed by atoms with E-state index in [9.17, 15) is 4.79 Å². The highest BCUT2D eigenvalue weighted by atomic mass is 16.3. The van der Waals surface area contributed by atoms with Crippen molar-refractivity contribution in [3.05, 3.63) is 12.2 Å². The summed E-state index contributed by atoms with van der Waals surface area (Å²) in [6.45, 7) is 7.78. The van der Waals surface area contributed by atoms with Crippen LogP contribution < -0.4 is 0 Å². The van der Waals surface area contributed by atoms with Crippen LogP contribution >= 0.6 is 0 Å². The minimum absolute atomic E-state index is 0.0632. The van der Waals surface area contributed by atoms with E-state index in [0.29, 0.717) is 5.57 Å². The molecule has 1 aliphatic carbocycles. The lowest BCUT2D eigenvalue weighted by Gasteiger charge is -2.37. The number of hydrogen-bond donors (Lipinski definition) is 1. The maximum atomic E-state index is 11.3. The third-order valence-corrected chi connectivity index (χ3v) is 3.59. The Labute approximate surface area is 86.0 Å². The molecule has 2 nitrogen and oxygen atoms in total. The molecule has 0 aliphatic heterocycles. The van der Waals surface area contributed by atoms with E-state index >= 15 is 0 Å². The third-order valence-electron chi connectivity index (χ3n) is 3.59. The van der Waals surface area contributed by atoms with Gasteiger partial charge in [-0.3, -0.25) is 4.79 Å². The first kappa shape index (κ1) is 11.4. The van der Waals surface area contributed by atoms with E-state index in [4.69, 9.17) is 5.11 Å². The predicted molar refractivity (Wildman–Crippen MR) is 57.0 cm³/mol. The minimum Gasteiger partial charge on any atom is -0.388 e. The largest absolute Gasteiger partial charge is 0.388 e. The van der Waals surface area contributed by atoms with Crippen molar-refractivity contribution in [3.63, 3.8) is 0 Å². The number of ketones is 1. The zero-order chi connectivity index (χ0) is 10.8. The van der Waals surface area contributed by atoms with Gasteiger partial charge in [0.15, 0.2) is 5.78 Å². The van der Waals surface area contributed by atoms with Crippen LogP contribution in [0.15, 0.2) is 12.2 Å². The van der Waals surface area contributed by atoms with Crippen molar-refractivity contribution in [2.45, 2.75) is 39.5 Å². The third kappa shape index (κ3) is 2.24. The minimum atomic E-state index is -0.399. The lowest BCUT2D eigenvalue weighted by atomic mass is 9.67. The molecule has 0 aromatic carbocycles. The Bertz CT molecular complexity index is 235. The Hall–Kier alpha value is -0.630. The van der Waals surface area contributed by atoms with Crippen LogP contribution in [0, 0.1) is 11.3 Å². The van der Waals surface area contributed by atoms with E-state index in [1.165, 1.54) is 0 Å². The van der Waals surface area contributed by atoms with Gasteiger partial charge in [-0.05, 0) is 42.6 Å². The molecule has 1 fully saturated rings. The number of aliphatic hydroxyl groups excluding tert-OH is 1. The highest BCUT2D eigenvalue weighted by Crippen LogP contribution is 2.43. The second-order valence-electron chi connectivity index (χ2n) is 4.80. The summed E-state index contributed by atoms with van der Waals surface area (Å²) >= 11 is 0. The number of Topliss-reactive ketones (excluding diaryl/α,β-unsaturated/α-hetero) is 1. The highest BCUT2D eigenvalue weighted by molar-refractivity contribution is 5.96. The van der Waals surface area contributed by atoms with Gasteiger partial charge < -0.3 is 5.11 Å². The number of hydrogen-bond acceptors (Lipinski definition) is 2. The molecule has 0 radical (unpaired) electrons. The average molecular weight is 196 g/mol. The van der Waals surface area contributed by atoms with Crippen LogP contribution in [0.2, 0.25) is 0 Å². The van der Waals surface area contributed by atoms with Crippen LogP contribution in [-0.4, -0.2) is 17.5 Å². The Balaban J connectivity index is 2.66. The predicted octanol–water partition coefficient (Wildman–Crippen LogP) is 2.32. The van der Waals surface area contributed by atoms with Gasteiger partial charge in [-0.2, -0.15) is 0 Å². The van der Waals surface area contributed by atoms with E-state index in [2.05, 4.69) is 20.4 Å². The molecule has 1 saturated carbocycles. The van der Waals surface area contributed by atoms with Gasteiger partial charge in [0.05, 0.1) is 0 Å². The van der Waals surface area contributed by atoms with Gasteiger partial charge in [-0.1, -0.05) is 20.4 Å². The molecule has 0 heterocycles. The van der Waals surface area contributed by atoms with Crippen molar-refractivity contribution in [3.8, 4) is 0 Å². The van der Waals surface area contributed by atoms with Crippen molar-refractivity contribution in [1.82, 2.24) is 0 Å². The average Bonchev–Trinajstić information content (AvgIpc) is 2.20. The number of rotatable bonds is 3. The van der Waals surface area contributed by atoms with Crippen molar-refractivity contribution in [2.24, 2.45) is 11.3 Å². The van der Waals surface area contributed by atoms with Gasteiger partial charge >= 0.3 is 0 Å². The highest BCUT2D eigenvalue weighted by Gasteiger charge is 2.34. The fraction of sp³-hybridized carbons (Fsp3) is 0.750. The zero-order valence-electron chi connectivity index (χ0n) is 9.18. The molecule has 1 aliphatic rings. The van der Waals surface area contributed by atoms with E-state index in [-0.39, 0.29) is 11.2 Å². The normalized spacial score (nSPS) is 32.6. The van der Waals surface area contributed by atoms with E-state index < -0.39 is 6.61 Å². The first-order valence-corrected chi connectivity index (χ1v) is 5.33. The molecule has 0 spiro atoms. The molecule has 0 bridgehead atoms. The quantitative estimate of drug-likeness (QED) is 0.703. The molecule has 0 aromatic rings. The Kier molecular flexibility index (Phi) is 3.48. The molecule has 0 unspecified atom stereocenters. The molecular formula is C12H20O2. The Morgan fingerprint density at radius 3 is 2.43 bits per heavy atom. The second kappa shape index (κ2) is 4.26. The summed E-state index contributed by atoms with van der Waals surface area (Å²) in [4.78, 5) is 11.3. The van der Waals surface area contributed by atoms with Crippen LogP contribution in [0.25, 0.3) is 0 Å². The standard InChI is InChI=1S/C12H20O2/c1-9-4-6-12(3,7-5-9)10(2)11(14)8-13/h9,13H,2,4-8H2,1,3H3. The topological polar surface area (TPSA) is 37.3 Å². The van der Waals surface area contributed by atoms with Gasteiger partial charge in [-0.15, -0.1) is 0 Å². The fourth-order valence-corrected chi connectivity index (χ4v) is 2.13. The summed E-state index contributed by atoms with van der Waals surface area (Å²) in [5, 5.41) is 8.79. The smallest absolute Gasteiger partial charge is 0.184 e. The fourth-order valence-electron chi connectivity index (χ4n) is 2.13. The maximum Gasteiger partial charge on any atom is 0.184 e. The molecule has 14 heavy (non-hydrogen) atoms.